The number of carbonyl (C=O) groups is 2. The average molecular weight is 421 g/mol. The third-order valence-electron chi connectivity index (χ3n) is 5.75. The summed E-state index contributed by atoms with van der Waals surface area (Å²) in [4.78, 5) is 31.5. The van der Waals surface area contributed by atoms with Gasteiger partial charge in [-0.15, -0.1) is 11.3 Å². The number of ether oxygens (including phenoxy) is 2. The minimum absolute atomic E-state index is 0.00513. The van der Waals surface area contributed by atoms with E-state index in [1.807, 2.05) is 22.4 Å². The highest BCUT2D eigenvalue weighted by Gasteiger charge is 2.44. The van der Waals surface area contributed by atoms with Gasteiger partial charge in [-0.1, -0.05) is 38.2 Å². The molecule has 3 rings (SSSR count). The molecule has 0 unspecified atom stereocenters. The van der Waals surface area contributed by atoms with Crippen LogP contribution in [0.3, 0.4) is 0 Å². The quantitative estimate of drug-likeness (QED) is 0.572. The number of amides is 2. The molecule has 1 aliphatic heterocycles. The van der Waals surface area contributed by atoms with Crippen molar-refractivity contribution in [2.24, 2.45) is 0 Å². The van der Waals surface area contributed by atoms with E-state index >= 15 is 0 Å². The van der Waals surface area contributed by atoms with Crippen molar-refractivity contribution in [3.8, 4) is 0 Å². The number of rotatable bonds is 9. The molecule has 7 heteroatoms. The second-order valence-electron chi connectivity index (χ2n) is 7.65. The summed E-state index contributed by atoms with van der Waals surface area (Å²) in [5, 5.41) is 1.95. The lowest BCUT2D eigenvalue weighted by atomic mass is 9.95. The topological polar surface area (TPSA) is 59.1 Å². The first-order chi connectivity index (χ1) is 14.2. The number of methoxy groups -OCH3 is 2. The second kappa shape index (κ2) is 10.9. The highest BCUT2D eigenvalue weighted by atomic mass is 32.1. The fourth-order valence-electron chi connectivity index (χ4n) is 4.23. The van der Waals surface area contributed by atoms with E-state index in [0.29, 0.717) is 37.6 Å². The van der Waals surface area contributed by atoms with Gasteiger partial charge in [0.05, 0.1) is 18.8 Å². The Morgan fingerprint density at radius 3 is 2.17 bits per heavy atom. The molecule has 0 atom stereocenters. The summed E-state index contributed by atoms with van der Waals surface area (Å²) in [6.07, 6.45) is 7.56. The summed E-state index contributed by atoms with van der Waals surface area (Å²) in [6, 6.07) is 3.85. The molecule has 1 aliphatic carbocycles. The predicted octanol–water partition coefficient (Wildman–Crippen LogP) is 3.54. The number of imide groups is 1. The molecule has 1 aromatic rings. The highest BCUT2D eigenvalue weighted by Crippen LogP contribution is 2.37. The number of carbonyl (C=O) groups excluding carboxylic acids is 2. The molecule has 0 N–H and O–H groups in total. The molecule has 1 aromatic heterocycles. The van der Waals surface area contributed by atoms with Gasteiger partial charge >= 0.3 is 0 Å². The van der Waals surface area contributed by atoms with Gasteiger partial charge in [-0.25, -0.2) is 0 Å². The molecule has 0 aromatic carbocycles. The maximum atomic E-state index is 13.6. The van der Waals surface area contributed by atoms with Crippen LogP contribution in [0.4, 0.5) is 0 Å². The van der Waals surface area contributed by atoms with Crippen LogP contribution < -0.4 is 0 Å². The Labute approximate surface area is 177 Å². The molecule has 29 heavy (non-hydrogen) atoms. The van der Waals surface area contributed by atoms with Crippen molar-refractivity contribution in [3.05, 3.63) is 28.1 Å². The van der Waals surface area contributed by atoms with E-state index < -0.39 is 0 Å². The Morgan fingerprint density at radius 2 is 1.62 bits per heavy atom. The SMILES string of the molecule is COCCN(CCOC)C1=C(c2cccs2)C(=O)N(C2CCCCCCC2)C1=O. The van der Waals surface area contributed by atoms with Crippen LogP contribution in [0.2, 0.25) is 0 Å². The predicted molar refractivity (Wildman–Crippen MR) is 115 cm³/mol. The lowest BCUT2D eigenvalue weighted by molar-refractivity contribution is -0.140. The van der Waals surface area contributed by atoms with Crippen molar-refractivity contribution in [1.82, 2.24) is 9.80 Å². The summed E-state index contributed by atoms with van der Waals surface area (Å²) >= 11 is 1.50. The van der Waals surface area contributed by atoms with Crippen molar-refractivity contribution in [1.29, 1.82) is 0 Å². The molecule has 2 aliphatic rings. The Bertz CT molecular complexity index is 700. The van der Waals surface area contributed by atoms with E-state index in [1.165, 1.54) is 30.6 Å². The molecular formula is C22H32N2O4S. The molecule has 2 heterocycles. The number of thiophene rings is 1. The molecule has 6 nitrogen and oxygen atoms in total. The van der Waals surface area contributed by atoms with Crippen LogP contribution in [0.1, 0.15) is 49.8 Å². The molecule has 1 saturated carbocycles. The van der Waals surface area contributed by atoms with Gasteiger partial charge < -0.3 is 14.4 Å². The molecule has 1 fully saturated rings. The molecule has 0 saturated heterocycles. The standard InChI is InChI=1S/C22H32N2O4S/c1-27-14-12-23(13-15-28-2)20-19(18-11-8-16-29-18)21(25)24(22(20)26)17-9-6-4-3-5-7-10-17/h8,11,16-17H,3-7,9-10,12-15H2,1-2H3. The maximum absolute atomic E-state index is 13.6. The molecule has 0 radical (unpaired) electrons. The molecular weight excluding hydrogens is 388 g/mol. The van der Waals surface area contributed by atoms with Crippen LogP contribution in [-0.2, 0) is 19.1 Å². The van der Waals surface area contributed by atoms with Crippen molar-refractivity contribution in [2.45, 2.75) is 51.0 Å². The fourth-order valence-corrected chi connectivity index (χ4v) is 5.00. The Kier molecular flexibility index (Phi) is 8.27. The normalized spacial score (nSPS) is 19.0. The van der Waals surface area contributed by atoms with Gasteiger partial charge in [0.2, 0.25) is 0 Å². The third kappa shape index (κ3) is 5.08. The Balaban J connectivity index is 1.95. The molecule has 0 bridgehead atoms. The first kappa shape index (κ1) is 22.0. The van der Waals surface area contributed by atoms with E-state index in [4.69, 9.17) is 9.47 Å². The van der Waals surface area contributed by atoms with E-state index in [0.717, 1.165) is 30.6 Å². The lowest BCUT2D eigenvalue weighted by Gasteiger charge is -2.30. The first-order valence-electron chi connectivity index (χ1n) is 10.6. The van der Waals surface area contributed by atoms with Crippen molar-refractivity contribution in [3.63, 3.8) is 0 Å². The highest BCUT2D eigenvalue weighted by molar-refractivity contribution is 7.11. The summed E-state index contributed by atoms with van der Waals surface area (Å²) in [6.45, 7) is 2.05. The van der Waals surface area contributed by atoms with Crippen LogP contribution in [0.5, 0.6) is 0 Å². The van der Waals surface area contributed by atoms with Crippen LogP contribution in [0.15, 0.2) is 23.2 Å². The summed E-state index contributed by atoms with van der Waals surface area (Å²) in [5.74, 6) is -0.297. The largest absolute Gasteiger partial charge is 0.383 e. The minimum Gasteiger partial charge on any atom is -0.383 e. The van der Waals surface area contributed by atoms with E-state index in [1.54, 1.807) is 19.1 Å². The minimum atomic E-state index is -0.156. The van der Waals surface area contributed by atoms with Gasteiger partial charge in [-0.05, 0) is 24.3 Å². The van der Waals surface area contributed by atoms with Gasteiger partial charge in [0.1, 0.15) is 5.70 Å². The summed E-state index contributed by atoms with van der Waals surface area (Å²) in [7, 11) is 3.29. The van der Waals surface area contributed by atoms with Crippen molar-refractivity contribution >= 4 is 28.7 Å². The maximum Gasteiger partial charge on any atom is 0.278 e. The van der Waals surface area contributed by atoms with Gasteiger partial charge in [0, 0.05) is 38.2 Å². The smallest absolute Gasteiger partial charge is 0.278 e. The zero-order chi connectivity index (χ0) is 20.6. The number of hydrogen-bond donors (Lipinski definition) is 0. The zero-order valence-electron chi connectivity index (χ0n) is 17.5. The fraction of sp³-hybridized carbons (Fsp3) is 0.636. The van der Waals surface area contributed by atoms with Gasteiger partial charge in [-0.3, -0.25) is 14.5 Å². The van der Waals surface area contributed by atoms with E-state index in [-0.39, 0.29) is 17.9 Å². The third-order valence-corrected chi connectivity index (χ3v) is 6.63. The zero-order valence-corrected chi connectivity index (χ0v) is 18.3. The van der Waals surface area contributed by atoms with Crippen LogP contribution in [-0.4, -0.2) is 68.2 Å². The van der Waals surface area contributed by atoms with Crippen LogP contribution >= 0.6 is 11.3 Å². The van der Waals surface area contributed by atoms with Gasteiger partial charge in [0.15, 0.2) is 0 Å². The van der Waals surface area contributed by atoms with Crippen LogP contribution in [0.25, 0.3) is 5.57 Å². The Morgan fingerprint density at radius 1 is 1.00 bits per heavy atom. The summed E-state index contributed by atoms with van der Waals surface area (Å²) < 4.78 is 10.5. The summed E-state index contributed by atoms with van der Waals surface area (Å²) in [5.41, 5.74) is 1.05. The first-order valence-corrected chi connectivity index (χ1v) is 11.5. The lowest BCUT2D eigenvalue weighted by Crippen LogP contribution is -2.43. The monoisotopic (exact) mass is 420 g/mol. The Hall–Kier alpha value is -1.70. The van der Waals surface area contributed by atoms with Crippen molar-refractivity contribution in [2.75, 3.05) is 40.5 Å². The number of nitrogens with zero attached hydrogens (tertiary/aromatic N) is 2. The molecule has 0 spiro atoms. The number of hydrogen-bond acceptors (Lipinski definition) is 6. The molecule has 2 amide bonds. The average Bonchev–Trinajstić information content (AvgIpc) is 3.29. The molecule has 160 valence electrons. The second-order valence-corrected chi connectivity index (χ2v) is 8.60. The van der Waals surface area contributed by atoms with Crippen molar-refractivity contribution < 1.29 is 19.1 Å². The van der Waals surface area contributed by atoms with Gasteiger partial charge in [0.25, 0.3) is 11.8 Å². The van der Waals surface area contributed by atoms with E-state index in [9.17, 15) is 9.59 Å². The van der Waals surface area contributed by atoms with Crippen LogP contribution in [0, 0.1) is 0 Å². The van der Waals surface area contributed by atoms with Gasteiger partial charge in [-0.2, -0.15) is 0 Å². The van der Waals surface area contributed by atoms with E-state index in [2.05, 4.69) is 0 Å².